The first-order valence-corrected chi connectivity index (χ1v) is 13.7. The van der Waals surface area contributed by atoms with Gasteiger partial charge in [-0.25, -0.2) is 0 Å². The minimum Gasteiger partial charge on any atom is -0.0955 e. The van der Waals surface area contributed by atoms with Gasteiger partial charge in [0.25, 0.3) is 0 Å². The average Bonchev–Trinajstić information content (AvgIpc) is 2.98. The van der Waals surface area contributed by atoms with Crippen LogP contribution in [0.1, 0.15) is 36.3 Å². The van der Waals surface area contributed by atoms with Crippen molar-refractivity contribution < 1.29 is 0 Å². The summed E-state index contributed by atoms with van der Waals surface area (Å²) in [5.41, 5.74) is 7.72. The maximum Gasteiger partial charge on any atom is 0.0125 e. The Hall–Kier alpha value is -4.16. The van der Waals surface area contributed by atoms with Gasteiger partial charge < -0.3 is 0 Å². The predicted octanol–water partition coefficient (Wildman–Crippen LogP) is 8.17. The predicted molar refractivity (Wildman–Crippen MR) is 164 cm³/mol. The van der Waals surface area contributed by atoms with Crippen LogP contribution >= 0.6 is 0 Å². The molecule has 2 aliphatic rings. The summed E-state index contributed by atoms with van der Waals surface area (Å²) in [6, 6.07) is 30.4. The maximum absolute atomic E-state index is 4.74. The lowest BCUT2D eigenvalue weighted by molar-refractivity contribution is 0.677. The molecule has 0 fully saturated rings. The largest absolute Gasteiger partial charge is 0.0955 e. The van der Waals surface area contributed by atoms with Gasteiger partial charge in [-0.1, -0.05) is 152 Å². The molecule has 0 aliphatic heterocycles. The fourth-order valence-electron chi connectivity index (χ4n) is 5.62. The maximum atomic E-state index is 4.74. The van der Waals surface area contributed by atoms with E-state index in [1.807, 2.05) is 0 Å². The van der Waals surface area contributed by atoms with Crippen LogP contribution in [0.2, 0.25) is 0 Å². The zero-order valence-electron chi connectivity index (χ0n) is 22.1. The molecule has 0 nitrogen and oxygen atoms in total. The molecule has 0 amide bonds. The topological polar surface area (TPSA) is 0 Å². The molecule has 0 saturated heterocycles. The molecule has 0 heteroatoms. The van der Waals surface area contributed by atoms with E-state index in [1.165, 1.54) is 43.9 Å². The number of rotatable bonds is 7. The van der Waals surface area contributed by atoms with E-state index in [9.17, 15) is 0 Å². The second kappa shape index (κ2) is 12.4. The number of fused-ring (bicyclic) bond motifs is 1. The molecular formula is C38H36. The summed E-state index contributed by atoms with van der Waals surface area (Å²) in [5, 5.41) is 2.57. The van der Waals surface area contributed by atoms with Crippen molar-refractivity contribution in [3.8, 4) is 0 Å². The highest BCUT2D eigenvalue weighted by atomic mass is 14.3. The highest BCUT2D eigenvalue weighted by Gasteiger charge is 2.25. The summed E-state index contributed by atoms with van der Waals surface area (Å²) < 4.78 is 0. The summed E-state index contributed by atoms with van der Waals surface area (Å²) in [7, 11) is 0. The third kappa shape index (κ3) is 5.87. The Morgan fingerprint density at radius 3 is 1.92 bits per heavy atom. The molecule has 2 atom stereocenters. The Bertz CT molecular complexity index is 1520. The van der Waals surface area contributed by atoms with Crippen LogP contribution in [0.4, 0.5) is 0 Å². The van der Waals surface area contributed by atoms with E-state index in [-0.39, 0.29) is 11.8 Å². The fraction of sp³-hybridized carbons (Fsp3) is 0.158. The van der Waals surface area contributed by atoms with Gasteiger partial charge in [-0.05, 0) is 64.0 Å². The summed E-state index contributed by atoms with van der Waals surface area (Å²) in [5.74, 6) is 0.485. The number of hydrogen-bond acceptors (Lipinski definition) is 0. The molecule has 0 bridgehead atoms. The van der Waals surface area contributed by atoms with Crippen LogP contribution in [0.5, 0.6) is 0 Å². The van der Waals surface area contributed by atoms with Crippen molar-refractivity contribution in [1.82, 2.24) is 0 Å². The summed E-state index contributed by atoms with van der Waals surface area (Å²) >= 11 is 0. The van der Waals surface area contributed by atoms with Gasteiger partial charge in [-0.3, -0.25) is 0 Å². The van der Waals surface area contributed by atoms with Crippen molar-refractivity contribution in [3.63, 3.8) is 0 Å². The Balaban J connectivity index is 1.60. The van der Waals surface area contributed by atoms with Gasteiger partial charge in [0.1, 0.15) is 0 Å². The average molecular weight is 493 g/mol. The summed E-state index contributed by atoms with van der Waals surface area (Å²) in [6.07, 6.45) is 21.5. The molecular weight excluding hydrogens is 456 g/mol. The zero-order valence-corrected chi connectivity index (χ0v) is 22.1. The highest BCUT2D eigenvalue weighted by Crippen LogP contribution is 2.38. The molecule has 2 unspecified atom stereocenters. The molecule has 0 aromatic heterocycles. The molecule has 0 spiro atoms. The number of hydrogen-bond donors (Lipinski definition) is 0. The van der Waals surface area contributed by atoms with Gasteiger partial charge in [-0.15, -0.1) is 0 Å². The standard InChI is InChI=1S/C38H36/c1-29(27-28-31-17-7-5-8-18-31)33-21-11-3-4-12-22-35(38-26-16-15-25-37(33)38)30(2)34-23-13-14-24-36(34)32-19-9-6-10-20-32/h3-20,23-26,34,36H,1-2,21-22,27-28H2. The third-order valence-electron chi connectivity index (χ3n) is 7.70. The smallest absolute Gasteiger partial charge is 0.0125 e. The molecule has 3 aromatic carbocycles. The van der Waals surface area contributed by atoms with E-state index in [1.54, 1.807) is 0 Å². The molecule has 3 aromatic rings. The first-order chi connectivity index (χ1) is 18.7. The van der Waals surface area contributed by atoms with Gasteiger partial charge in [0.15, 0.2) is 0 Å². The Kier molecular flexibility index (Phi) is 8.31. The number of benzene rings is 3. The van der Waals surface area contributed by atoms with Crippen LogP contribution < -0.4 is 10.4 Å². The van der Waals surface area contributed by atoms with Crippen LogP contribution in [0.15, 0.2) is 158 Å². The molecule has 5 rings (SSSR count). The van der Waals surface area contributed by atoms with Crippen LogP contribution in [0.25, 0.3) is 11.1 Å². The van der Waals surface area contributed by atoms with Crippen molar-refractivity contribution in [2.45, 2.75) is 31.6 Å². The van der Waals surface area contributed by atoms with Gasteiger partial charge in [-0.2, -0.15) is 0 Å². The summed E-state index contributed by atoms with van der Waals surface area (Å²) in [6.45, 7) is 9.33. The lowest BCUT2D eigenvalue weighted by Crippen LogP contribution is -2.31. The lowest BCUT2D eigenvalue weighted by atomic mass is 9.76. The SMILES string of the molecule is C=C(CCc1ccccc1)C1=c2ccccc2=C(C(=C)C2C=CC=CC2c2ccccc2)CC=CC=CC1. The van der Waals surface area contributed by atoms with E-state index in [0.29, 0.717) is 0 Å². The molecule has 2 aliphatic carbocycles. The van der Waals surface area contributed by atoms with Gasteiger partial charge in [0, 0.05) is 11.8 Å². The monoisotopic (exact) mass is 492 g/mol. The second-order valence-electron chi connectivity index (χ2n) is 10.1. The third-order valence-corrected chi connectivity index (χ3v) is 7.70. The van der Waals surface area contributed by atoms with E-state index in [2.05, 4.69) is 140 Å². The van der Waals surface area contributed by atoms with Crippen molar-refractivity contribution in [2.75, 3.05) is 0 Å². The van der Waals surface area contributed by atoms with Crippen molar-refractivity contribution in [2.24, 2.45) is 5.92 Å². The highest BCUT2D eigenvalue weighted by molar-refractivity contribution is 5.71. The number of aryl methyl sites for hydroxylation is 1. The molecule has 0 heterocycles. The summed E-state index contributed by atoms with van der Waals surface area (Å²) in [4.78, 5) is 0. The van der Waals surface area contributed by atoms with Gasteiger partial charge >= 0.3 is 0 Å². The van der Waals surface area contributed by atoms with Crippen LogP contribution in [0.3, 0.4) is 0 Å². The Morgan fingerprint density at radius 2 is 1.21 bits per heavy atom. The van der Waals surface area contributed by atoms with E-state index in [0.717, 1.165) is 25.7 Å². The molecule has 188 valence electrons. The number of allylic oxidation sites excluding steroid dienone is 10. The van der Waals surface area contributed by atoms with E-state index >= 15 is 0 Å². The lowest BCUT2D eigenvalue weighted by Gasteiger charge is -2.28. The minimum absolute atomic E-state index is 0.210. The normalized spacial score (nSPS) is 18.7. The Morgan fingerprint density at radius 1 is 0.632 bits per heavy atom. The zero-order chi connectivity index (χ0) is 26.2. The fourth-order valence-corrected chi connectivity index (χ4v) is 5.62. The van der Waals surface area contributed by atoms with Crippen molar-refractivity contribution in [1.29, 1.82) is 0 Å². The second-order valence-corrected chi connectivity index (χ2v) is 10.1. The molecule has 0 saturated carbocycles. The molecule has 0 N–H and O–H groups in total. The van der Waals surface area contributed by atoms with Gasteiger partial charge in [0.2, 0.25) is 0 Å². The van der Waals surface area contributed by atoms with Crippen LogP contribution in [-0.2, 0) is 6.42 Å². The van der Waals surface area contributed by atoms with E-state index < -0.39 is 0 Å². The molecule has 0 radical (unpaired) electrons. The van der Waals surface area contributed by atoms with Crippen molar-refractivity contribution >= 4 is 11.1 Å². The van der Waals surface area contributed by atoms with Crippen LogP contribution in [-0.4, -0.2) is 0 Å². The van der Waals surface area contributed by atoms with Crippen molar-refractivity contribution in [3.05, 3.63) is 179 Å². The Labute approximate surface area is 227 Å². The molecule has 38 heavy (non-hydrogen) atoms. The first-order valence-electron chi connectivity index (χ1n) is 13.7. The van der Waals surface area contributed by atoms with E-state index in [4.69, 9.17) is 6.58 Å². The van der Waals surface area contributed by atoms with Crippen LogP contribution in [0, 0.1) is 5.92 Å². The van der Waals surface area contributed by atoms with Gasteiger partial charge in [0.05, 0.1) is 0 Å². The first kappa shape index (κ1) is 25.5. The quantitative estimate of drug-likeness (QED) is 0.312. The minimum atomic E-state index is 0.210.